The number of aldehydes is 1. The average Bonchev–Trinajstić information content (AvgIpc) is 2.51. The molecule has 0 heterocycles. The van der Waals surface area contributed by atoms with Crippen molar-refractivity contribution < 1.29 is 36.2 Å². The highest BCUT2D eigenvalue weighted by Crippen LogP contribution is 2.33. The van der Waals surface area contributed by atoms with Crippen LogP contribution in [0.15, 0.2) is 30.3 Å². The van der Waals surface area contributed by atoms with E-state index in [0.717, 1.165) is 18.2 Å². The fraction of sp³-hybridized carbons (Fsp3) is 0.188. The van der Waals surface area contributed by atoms with Crippen LogP contribution in [0.1, 0.15) is 21.5 Å². The van der Waals surface area contributed by atoms with Crippen LogP contribution in [0.3, 0.4) is 0 Å². The molecule has 0 aliphatic heterocycles. The Balaban J connectivity index is 2.21. The standard InChI is InChI=1S/C16H11F5O3/c1-23-14-5-10(7-22)12(17)6-15(14)24-8-9-2-3-11(13(18)4-9)16(19,20)21/h2-7H,8H2,1H3. The first-order chi connectivity index (χ1) is 11.3. The van der Waals surface area contributed by atoms with Crippen LogP contribution >= 0.6 is 0 Å². The van der Waals surface area contributed by atoms with Gasteiger partial charge in [-0.1, -0.05) is 6.07 Å². The molecule has 0 N–H and O–H groups in total. The number of alkyl halides is 3. The first kappa shape index (κ1) is 17.7. The minimum atomic E-state index is -4.79. The van der Waals surface area contributed by atoms with Crippen LogP contribution in [0.5, 0.6) is 11.5 Å². The first-order valence-electron chi connectivity index (χ1n) is 6.57. The van der Waals surface area contributed by atoms with E-state index in [0.29, 0.717) is 18.4 Å². The summed E-state index contributed by atoms with van der Waals surface area (Å²) in [6, 6.07) is 4.36. The molecule has 8 heteroatoms. The lowest BCUT2D eigenvalue weighted by Gasteiger charge is -2.13. The highest BCUT2D eigenvalue weighted by Gasteiger charge is 2.33. The van der Waals surface area contributed by atoms with E-state index in [-0.39, 0.29) is 29.2 Å². The molecule has 0 unspecified atom stereocenters. The van der Waals surface area contributed by atoms with E-state index < -0.39 is 23.4 Å². The highest BCUT2D eigenvalue weighted by molar-refractivity contribution is 5.77. The van der Waals surface area contributed by atoms with Gasteiger partial charge in [-0.15, -0.1) is 0 Å². The van der Waals surface area contributed by atoms with Crippen molar-refractivity contribution in [2.75, 3.05) is 7.11 Å². The molecular formula is C16H11F5O3. The molecule has 0 fully saturated rings. The van der Waals surface area contributed by atoms with Gasteiger partial charge in [-0.3, -0.25) is 4.79 Å². The minimum absolute atomic E-state index is 0.0610. The van der Waals surface area contributed by atoms with Gasteiger partial charge in [-0.05, 0) is 23.8 Å². The number of ether oxygens (including phenoxy) is 2. The molecule has 2 aromatic carbocycles. The molecule has 0 amide bonds. The van der Waals surface area contributed by atoms with Crippen LogP contribution < -0.4 is 9.47 Å². The molecule has 0 aromatic heterocycles. The molecule has 0 bridgehead atoms. The summed E-state index contributed by atoms with van der Waals surface area (Å²) in [7, 11) is 1.27. The lowest BCUT2D eigenvalue weighted by atomic mass is 10.1. The number of hydrogen-bond donors (Lipinski definition) is 0. The highest BCUT2D eigenvalue weighted by atomic mass is 19.4. The van der Waals surface area contributed by atoms with E-state index >= 15 is 0 Å². The third-order valence-electron chi connectivity index (χ3n) is 3.14. The summed E-state index contributed by atoms with van der Waals surface area (Å²) in [4.78, 5) is 10.7. The number of carbonyl (C=O) groups is 1. The van der Waals surface area contributed by atoms with E-state index in [9.17, 15) is 26.7 Å². The van der Waals surface area contributed by atoms with Gasteiger partial charge < -0.3 is 9.47 Å². The Bertz CT molecular complexity index is 756. The smallest absolute Gasteiger partial charge is 0.419 e. The normalized spacial score (nSPS) is 11.2. The Hall–Kier alpha value is -2.64. The molecule has 2 aromatic rings. The third-order valence-corrected chi connectivity index (χ3v) is 3.14. The molecular weight excluding hydrogens is 335 g/mol. The summed E-state index contributed by atoms with van der Waals surface area (Å²) in [5.41, 5.74) is -1.51. The van der Waals surface area contributed by atoms with Gasteiger partial charge in [0.1, 0.15) is 18.2 Å². The zero-order chi connectivity index (χ0) is 17.9. The third kappa shape index (κ3) is 3.81. The summed E-state index contributed by atoms with van der Waals surface area (Å²) >= 11 is 0. The topological polar surface area (TPSA) is 35.5 Å². The van der Waals surface area contributed by atoms with Gasteiger partial charge >= 0.3 is 6.18 Å². The van der Waals surface area contributed by atoms with Gasteiger partial charge in [0.05, 0.1) is 18.2 Å². The Morgan fingerprint density at radius 1 is 1.04 bits per heavy atom. The van der Waals surface area contributed by atoms with Crippen LogP contribution in [0.2, 0.25) is 0 Å². The van der Waals surface area contributed by atoms with E-state index in [1.807, 2.05) is 0 Å². The van der Waals surface area contributed by atoms with Crippen LogP contribution in [0.4, 0.5) is 22.0 Å². The van der Waals surface area contributed by atoms with Crippen LogP contribution in [0, 0.1) is 11.6 Å². The van der Waals surface area contributed by atoms with Crippen LogP contribution in [-0.2, 0) is 12.8 Å². The summed E-state index contributed by atoms with van der Waals surface area (Å²) in [6.45, 7) is -0.314. The lowest BCUT2D eigenvalue weighted by Crippen LogP contribution is -2.09. The van der Waals surface area contributed by atoms with Crippen molar-refractivity contribution in [3.63, 3.8) is 0 Å². The lowest BCUT2D eigenvalue weighted by molar-refractivity contribution is -0.140. The van der Waals surface area contributed by atoms with E-state index in [4.69, 9.17) is 9.47 Å². The summed E-state index contributed by atoms with van der Waals surface area (Å²) in [5.74, 6) is -2.29. The molecule has 128 valence electrons. The second-order valence-corrected chi connectivity index (χ2v) is 4.74. The van der Waals surface area contributed by atoms with Crippen molar-refractivity contribution in [1.82, 2.24) is 0 Å². The van der Waals surface area contributed by atoms with Crippen molar-refractivity contribution in [1.29, 1.82) is 0 Å². The van der Waals surface area contributed by atoms with Gasteiger partial charge in [0.15, 0.2) is 17.8 Å². The number of methoxy groups -OCH3 is 1. The van der Waals surface area contributed by atoms with E-state index in [1.165, 1.54) is 7.11 Å². The minimum Gasteiger partial charge on any atom is -0.493 e. The molecule has 0 atom stereocenters. The van der Waals surface area contributed by atoms with Crippen molar-refractivity contribution in [3.8, 4) is 11.5 Å². The SMILES string of the molecule is COc1cc(C=O)c(F)cc1OCc1ccc(C(F)(F)F)c(F)c1. The second kappa shape index (κ2) is 6.86. The van der Waals surface area contributed by atoms with E-state index in [1.54, 1.807) is 0 Å². The fourth-order valence-corrected chi connectivity index (χ4v) is 1.95. The summed E-state index contributed by atoms with van der Waals surface area (Å²) in [6.07, 6.45) is -4.49. The predicted octanol–water partition coefficient (Wildman–Crippen LogP) is 4.38. The molecule has 3 nitrogen and oxygen atoms in total. The maximum atomic E-state index is 13.6. The quantitative estimate of drug-likeness (QED) is 0.595. The van der Waals surface area contributed by atoms with Crippen molar-refractivity contribution >= 4 is 6.29 Å². The second-order valence-electron chi connectivity index (χ2n) is 4.74. The maximum Gasteiger partial charge on any atom is 0.419 e. The van der Waals surface area contributed by atoms with Crippen molar-refractivity contribution in [2.24, 2.45) is 0 Å². The largest absolute Gasteiger partial charge is 0.493 e. The zero-order valence-corrected chi connectivity index (χ0v) is 12.3. The van der Waals surface area contributed by atoms with Crippen molar-refractivity contribution in [3.05, 3.63) is 58.7 Å². The predicted molar refractivity (Wildman–Crippen MR) is 74.1 cm³/mol. The van der Waals surface area contributed by atoms with Crippen LogP contribution in [0.25, 0.3) is 0 Å². The fourth-order valence-electron chi connectivity index (χ4n) is 1.95. The molecule has 0 spiro atoms. The monoisotopic (exact) mass is 346 g/mol. The zero-order valence-electron chi connectivity index (χ0n) is 12.3. The van der Waals surface area contributed by atoms with Gasteiger partial charge in [0.25, 0.3) is 0 Å². The van der Waals surface area contributed by atoms with Gasteiger partial charge in [-0.2, -0.15) is 13.2 Å². The molecule has 24 heavy (non-hydrogen) atoms. The Morgan fingerprint density at radius 3 is 2.29 bits per heavy atom. The van der Waals surface area contributed by atoms with Crippen LogP contribution in [-0.4, -0.2) is 13.4 Å². The maximum absolute atomic E-state index is 13.6. The Labute approximate surface area is 133 Å². The number of rotatable bonds is 5. The molecule has 0 saturated carbocycles. The van der Waals surface area contributed by atoms with Gasteiger partial charge in [-0.25, -0.2) is 8.78 Å². The van der Waals surface area contributed by atoms with E-state index in [2.05, 4.69) is 0 Å². The first-order valence-corrected chi connectivity index (χ1v) is 6.57. The molecule has 0 aliphatic carbocycles. The molecule has 2 rings (SSSR count). The summed E-state index contributed by atoms with van der Waals surface area (Å²) < 4.78 is 74.7. The number of halogens is 5. The molecule has 0 radical (unpaired) electrons. The number of carbonyl (C=O) groups excluding carboxylic acids is 1. The Morgan fingerprint density at radius 2 is 1.75 bits per heavy atom. The number of hydrogen-bond acceptors (Lipinski definition) is 3. The van der Waals surface area contributed by atoms with Crippen molar-refractivity contribution in [2.45, 2.75) is 12.8 Å². The average molecular weight is 346 g/mol. The molecule has 0 saturated heterocycles. The summed E-state index contributed by atoms with van der Waals surface area (Å²) in [5, 5.41) is 0. The molecule has 0 aliphatic rings. The Kier molecular flexibility index (Phi) is 5.06. The number of benzene rings is 2. The van der Waals surface area contributed by atoms with Gasteiger partial charge in [0, 0.05) is 6.07 Å². The van der Waals surface area contributed by atoms with Gasteiger partial charge in [0.2, 0.25) is 0 Å².